The molecule has 0 aliphatic rings. The van der Waals surface area contributed by atoms with Gasteiger partial charge >= 0.3 is 0 Å². The number of nitrogens with zero attached hydrogens (tertiary/aromatic N) is 2. The zero-order valence-electron chi connectivity index (χ0n) is 13.8. The quantitative estimate of drug-likeness (QED) is 0.736. The number of halogens is 1. The maximum Gasteiger partial charge on any atom is 0.272 e. The first-order valence-corrected chi connectivity index (χ1v) is 8.70. The fourth-order valence-corrected chi connectivity index (χ4v) is 2.29. The number of carbonyl (C=O) groups is 2. The molecule has 0 radical (unpaired) electrons. The van der Waals surface area contributed by atoms with Crippen molar-refractivity contribution in [3.8, 4) is 0 Å². The molecule has 0 unspecified atom stereocenters. The Morgan fingerprint density at radius 1 is 1.16 bits per heavy atom. The second-order valence-electron chi connectivity index (χ2n) is 5.37. The lowest BCUT2D eigenvalue weighted by Gasteiger charge is -2.08. The fraction of sp³-hybridized carbons (Fsp3) is 0.294. The van der Waals surface area contributed by atoms with Crippen molar-refractivity contribution in [1.82, 2.24) is 15.1 Å². The highest BCUT2D eigenvalue weighted by atomic mass is 79.9. The molecule has 132 valence electrons. The lowest BCUT2D eigenvalue weighted by atomic mass is 10.3. The van der Waals surface area contributed by atoms with Crippen molar-refractivity contribution in [2.24, 2.45) is 0 Å². The summed E-state index contributed by atoms with van der Waals surface area (Å²) in [6.07, 6.45) is 1.72. The van der Waals surface area contributed by atoms with E-state index in [9.17, 15) is 14.4 Å². The number of aryl methyl sites for hydroxylation is 1. The Kier molecular flexibility index (Phi) is 6.88. The first-order valence-electron chi connectivity index (χ1n) is 7.91. The molecule has 0 bridgehead atoms. The van der Waals surface area contributed by atoms with Gasteiger partial charge in [0.15, 0.2) is 0 Å². The van der Waals surface area contributed by atoms with E-state index in [1.165, 1.54) is 16.8 Å². The molecule has 0 aliphatic heterocycles. The third kappa shape index (κ3) is 5.82. The molecule has 1 heterocycles. The molecule has 2 N–H and O–H groups in total. The summed E-state index contributed by atoms with van der Waals surface area (Å²) < 4.78 is 2.17. The number of anilines is 1. The van der Waals surface area contributed by atoms with Gasteiger partial charge in [0.1, 0.15) is 5.69 Å². The Labute approximate surface area is 153 Å². The molecule has 0 fully saturated rings. The summed E-state index contributed by atoms with van der Waals surface area (Å²) in [5.74, 6) is -0.855. The normalized spacial score (nSPS) is 10.3. The molecule has 0 aliphatic carbocycles. The zero-order valence-corrected chi connectivity index (χ0v) is 15.4. The predicted molar refractivity (Wildman–Crippen MR) is 98.5 cm³/mol. The van der Waals surface area contributed by atoms with E-state index in [-0.39, 0.29) is 23.7 Å². The summed E-state index contributed by atoms with van der Waals surface area (Å²) in [6, 6.07) is 9.76. The van der Waals surface area contributed by atoms with E-state index >= 15 is 0 Å². The van der Waals surface area contributed by atoms with Crippen LogP contribution in [0, 0.1) is 0 Å². The number of rotatable bonds is 7. The monoisotopic (exact) mass is 406 g/mol. The van der Waals surface area contributed by atoms with E-state index in [1.54, 1.807) is 24.3 Å². The first kappa shape index (κ1) is 18.9. The maximum atomic E-state index is 12.1. The van der Waals surface area contributed by atoms with Crippen LogP contribution in [-0.2, 0) is 11.3 Å². The standard InChI is InChI=1S/C17H19BrN4O3/c1-2-3-10-22-16(24)9-8-14(21-22)17(25)19-11-15(23)20-13-6-4-12(18)5-7-13/h4-9H,2-3,10-11H2,1H3,(H,19,25)(H,20,23). The van der Waals surface area contributed by atoms with Crippen LogP contribution in [0.1, 0.15) is 30.3 Å². The van der Waals surface area contributed by atoms with E-state index in [2.05, 4.69) is 31.7 Å². The Morgan fingerprint density at radius 3 is 2.56 bits per heavy atom. The van der Waals surface area contributed by atoms with Crippen LogP contribution < -0.4 is 16.2 Å². The van der Waals surface area contributed by atoms with Crippen LogP contribution in [-0.4, -0.2) is 28.1 Å². The fourth-order valence-electron chi connectivity index (χ4n) is 2.03. The van der Waals surface area contributed by atoms with E-state index in [4.69, 9.17) is 0 Å². The lowest BCUT2D eigenvalue weighted by Crippen LogP contribution is -2.35. The minimum absolute atomic E-state index is 0.104. The summed E-state index contributed by atoms with van der Waals surface area (Å²) in [4.78, 5) is 35.7. The minimum atomic E-state index is -0.504. The molecular weight excluding hydrogens is 388 g/mol. The van der Waals surface area contributed by atoms with Gasteiger partial charge < -0.3 is 10.6 Å². The summed E-state index contributed by atoms with van der Waals surface area (Å²) in [5, 5.41) is 9.21. The largest absolute Gasteiger partial charge is 0.342 e. The van der Waals surface area contributed by atoms with Gasteiger partial charge in [0.2, 0.25) is 5.91 Å². The second-order valence-corrected chi connectivity index (χ2v) is 6.29. The third-order valence-corrected chi connectivity index (χ3v) is 3.89. The number of benzene rings is 1. The summed E-state index contributed by atoms with van der Waals surface area (Å²) in [5.41, 5.74) is 0.485. The Morgan fingerprint density at radius 2 is 1.88 bits per heavy atom. The van der Waals surface area contributed by atoms with Crippen LogP contribution in [0.2, 0.25) is 0 Å². The van der Waals surface area contributed by atoms with Crippen LogP contribution >= 0.6 is 15.9 Å². The molecule has 0 saturated carbocycles. The van der Waals surface area contributed by atoms with Crippen molar-refractivity contribution in [1.29, 1.82) is 0 Å². The molecule has 1 aromatic carbocycles. The van der Waals surface area contributed by atoms with Crippen molar-refractivity contribution in [2.45, 2.75) is 26.3 Å². The summed E-state index contributed by atoms with van der Waals surface area (Å²) in [7, 11) is 0. The second kappa shape index (κ2) is 9.12. The molecular formula is C17H19BrN4O3. The van der Waals surface area contributed by atoms with Gasteiger partial charge in [-0.2, -0.15) is 5.10 Å². The predicted octanol–water partition coefficient (Wildman–Crippen LogP) is 2.17. The van der Waals surface area contributed by atoms with Gasteiger partial charge in [-0.3, -0.25) is 14.4 Å². The van der Waals surface area contributed by atoms with Crippen molar-refractivity contribution >= 4 is 33.4 Å². The van der Waals surface area contributed by atoms with Gasteiger partial charge in [-0.25, -0.2) is 4.68 Å². The van der Waals surface area contributed by atoms with E-state index in [0.717, 1.165) is 17.3 Å². The van der Waals surface area contributed by atoms with Crippen LogP contribution in [0.3, 0.4) is 0 Å². The van der Waals surface area contributed by atoms with Gasteiger partial charge in [0.25, 0.3) is 11.5 Å². The number of carbonyl (C=O) groups excluding carboxylic acids is 2. The maximum absolute atomic E-state index is 12.1. The molecule has 2 rings (SSSR count). The molecule has 0 spiro atoms. The molecule has 1 aromatic heterocycles. The highest BCUT2D eigenvalue weighted by molar-refractivity contribution is 9.10. The van der Waals surface area contributed by atoms with Crippen molar-refractivity contribution < 1.29 is 9.59 Å². The topological polar surface area (TPSA) is 93.1 Å². The highest BCUT2D eigenvalue weighted by Crippen LogP contribution is 2.13. The molecule has 2 amide bonds. The van der Waals surface area contributed by atoms with E-state index in [0.29, 0.717) is 12.2 Å². The van der Waals surface area contributed by atoms with Gasteiger partial charge in [0, 0.05) is 22.8 Å². The number of amides is 2. The SMILES string of the molecule is CCCCn1nc(C(=O)NCC(=O)Nc2ccc(Br)cc2)ccc1=O. The molecule has 25 heavy (non-hydrogen) atoms. The Hall–Kier alpha value is -2.48. The molecule has 7 nitrogen and oxygen atoms in total. The molecule has 2 aromatic rings. The number of hydrogen-bond acceptors (Lipinski definition) is 4. The Balaban J connectivity index is 1.92. The van der Waals surface area contributed by atoms with E-state index < -0.39 is 5.91 Å². The van der Waals surface area contributed by atoms with Crippen LogP contribution in [0.4, 0.5) is 5.69 Å². The number of aromatic nitrogens is 2. The summed E-state index contributed by atoms with van der Waals surface area (Å²) >= 11 is 3.31. The van der Waals surface area contributed by atoms with Crippen molar-refractivity contribution in [3.63, 3.8) is 0 Å². The van der Waals surface area contributed by atoms with Crippen molar-refractivity contribution in [2.75, 3.05) is 11.9 Å². The van der Waals surface area contributed by atoms with Crippen LogP contribution in [0.15, 0.2) is 45.7 Å². The average molecular weight is 407 g/mol. The van der Waals surface area contributed by atoms with Crippen LogP contribution in [0.5, 0.6) is 0 Å². The molecule has 0 atom stereocenters. The van der Waals surface area contributed by atoms with Gasteiger partial charge in [0.05, 0.1) is 6.54 Å². The van der Waals surface area contributed by atoms with E-state index in [1.807, 2.05) is 6.92 Å². The van der Waals surface area contributed by atoms with Gasteiger partial charge in [-0.1, -0.05) is 29.3 Å². The highest BCUT2D eigenvalue weighted by Gasteiger charge is 2.11. The number of hydrogen-bond donors (Lipinski definition) is 2. The third-order valence-electron chi connectivity index (χ3n) is 3.36. The zero-order chi connectivity index (χ0) is 18.2. The Bertz CT molecular complexity index is 802. The van der Waals surface area contributed by atoms with Gasteiger partial charge in [-0.05, 0) is 36.8 Å². The number of unbranched alkanes of at least 4 members (excludes halogenated alkanes) is 1. The molecule has 0 saturated heterocycles. The first-order chi connectivity index (χ1) is 12.0. The number of nitrogens with one attached hydrogen (secondary N) is 2. The van der Waals surface area contributed by atoms with Gasteiger partial charge in [-0.15, -0.1) is 0 Å². The summed E-state index contributed by atoms with van der Waals surface area (Å²) in [6.45, 7) is 2.27. The smallest absolute Gasteiger partial charge is 0.272 e. The average Bonchev–Trinajstić information content (AvgIpc) is 2.61. The van der Waals surface area contributed by atoms with Crippen LogP contribution in [0.25, 0.3) is 0 Å². The van der Waals surface area contributed by atoms with Crippen molar-refractivity contribution in [3.05, 3.63) is 56.9 Å². The minimum Gasteiger partial charge on any atom is -0.342 e. The lowest BCUT2D eigenvalue weighted by molar-refractivity contribution is -0.115. The molecule has 8 heteroatoms.